The van der Waals surface area contributed by atoms with E-state index in [-0.39, 0.29) is 34.9 Å². The first-order valence-electron chi connectivity index (χ1n) is 10.3. The van der Waals surface area contributed by atoms with Crippen LogP contribution in [0.25, 0.3) is 0 Å². The van der Waals surface area contributed by atoms with Gasteiger partial charge in [0.05, 0.1) is 13.7 Å². The molecular formula is C22H26N2O6S. The maximum atomic E-state index is 12.9. The Morgan fingerprint density at radius 1 is 1.13 bits per heavy atom. The Balaban J connectivity index is 1.44. The summed E-state index contributed by atoms with van der Waals surface area (Å²) in [4.78, 5) is 12.7. The molecule has 0 saturated heterocycles. The van der Waals surface area contributed by atoms with Crippen molar-refractivity contribution in [3.63, 3.8) is 0 Å². The summed E-state index contributed by atoms with van der Waals surface area (Å²) in [5.74, 6) is 1.10. The van der Waals surface area contributed by atoms with E-state index < -0.39 is 15.9 Å². The van der Waals surface area contributed by atoms with Gasteiger partial charge in [-0.1, -0.05) is 25.0 Å². The van der Waals surface area contributed by atoms with E-state index in [1.807, 2.05) is 18.2 Å². The molecule has 4 rings (SSSR count). The van der Waals surface area contributed by atoms with Gasteiger partial charge in [-0.05, 0) is 43.2 Å². The van der Waals surface area contributed by atoms with Crippen LogP contribution in [0.15, 0.2) is 47.4 Å². The van der Waals surface area contributed by atoms with E-state index in [1.165, 1.54) is 25.3 Å². The van der Waals surface area contributed by atoms with Crippen LogP contribution in [0.3, 0.4) is 0 Å². The molecular weight excluding hydrogens is 420 g/mol. The fourth-order valence-electron chi connectivity index (χ4n) is 3.83. The van der Waals surface area contributed by atoms with E-state index in [0.717, 1.165) is 25.7 Å². The van der Waals surface area contributed by atoms with Crippen molar-refractivity contribution in [3.05, 3.63) is 48.0 Å². The Morgan fingerprint density at radius 3 is 2.61 bits per heavy atom. The van der Waals surface area contributed by atoms with Crippen molar-refractivity contribution in [2.24, 2.45) is 0 Å². The molecule has 1 saturated carbocycles. The van der Waals surface area contributed by atoms with Gasteiger partial charge in [-0.25, -0.2) is 13.1 Å². The molecule has 1 aliphatic heterocycles. The molecule has 1 heterocycles. The molecule has 31 heavy (non-hydrogen) atoms. The molecule has 0 radical (unpaired) electrons. The van der Waals surface area contributed by atoms with Crippen LogP contribution in [-0.4, -0.2) is 46.7 Å². The fourth-order valence-corrected chi connectivity index (χ4v) is 5.33. The standard InChI is InChI=1S/C22H26N2O6S/c1-28-20-11-10-15(12-21(20)31(26,27)24-16-6-2-3-7-16)22(25)23-13-17-14-29-18-8-4-5-9-19(18)30-17/h4-5,8-12,16-17,24H,2-3,6-7,13-14H2,1H3,(H,23,25)/t17-/m0/s1. The number of methoxy groups -OCH3 is 1. The number of fused-ring (bicyclic) bond motifs is 1. The molecule has 8 nitrogen and oxygen atoms in total. The summed E-state index contributed by atoms with van der Waals surface area (Å²) in [6.07, 6.45) is 3.29. The third-order valence-corrected chi connectivity index (χ3v) is 6.99. The number of benzene rings is 2. The van der Waals surface area contributed by atoms with Gasteiger partial charge in [0.25, 0.3) is 5.91 Å². The zero-order valence-corrected chi connectivity index (χ0v) is 18.1. The van der Waals surface area contributed by atoms with Crippen LogP contribution in [0.1, 0.15) is 36.0 Å². The summed E-state index contributed by atoms with van der Waals surface area (Å²) in [5.41, 5.74) is 0.227. The molecule has 2 aromatic carbocycles. The molecule has 2 N–H and O–H groups in total. The Hall–Kier alpha value is -2.78. The number of amides is 1. The van der Waals surface area contributed by atoms with Crippen LogP contribution >= 0.6 is 0 Å². The number of hydrogen-bond donors (Lipinski definition) is 2. The van der Waals surface area contributed by atoms with Crippen molar-refractivity contribution >= 4 is 15.9 Å². The summed E-state index contributed by atoms with van der Waals surface area (Å²) >= 11 is 0. The van der Waals surface area contributed by atoms with Crippen molar-refractivity contribution in [1.82, 2.24) is 10.0 Å². The van der Waals surface area contributed by atoms with Gasteiger partial charge in [0.1, 0.15) is 23.4 Å². The Kier molecular flexibility index (Phi) is 6.33. The number of para-hydroxylation sites is 2. The Bertz CT molecular complexity index is 1050. The highest BCUT2D eigenvalue weighted by Crippen LogP contribution is 2.31. The molecule has 0 spiro atoms. The SMILES string of the molecule is COc1ccc(C(=O)NC[C@H]2COc3ccccc3O2)cc1S(=O)(=O)NC1CCCC1. The minimum absolute atomic E-state index is 0.0410. The van der Waals surface area contributed by atoms with Crippen LogP contribution in [0, 0.1) is 0 Å². The van der Waals surface area contributed by atoms with Gasteiger partial charge in [-0.2, -0.15) is 0 Å². The van der Waals surface area contributed by atoms with E-state index in [2.05, 4.69) is 10.0 Å². The average Bonchev–Trinajstić information content (AvgIpc) is 3.29. The first kappa shape index (κ1) is 21.5. The quantitative estimate of drug-likeness (QED) is 0.677. The molecule has 1 fully saturated rings. The largest absolute Gasteiger partial charge is 0.495 e. The fraction of sp³-hybridized carbons (Fsp3) is 0.409. The first-order valence-corrected chi connectivity index (χ1v) is 11.8. The van der Waals surface area contributed by atoms with Gasteiger partial charge in [0.15, 0.2) is 11.5 Å². The molecule has 0 unspecified atom stereocenters. The average molecular weight is 447 g/mol. The third kappa shape index (κ3) is 4.94. The van der Waals surface area contributed by atoms with E-state index in [9.17, 15) is 13.2 Å². The minimum atomic E-state index is -3.81. The minimum Gasteiger partial charge on any atom is -0.495 e. The molecule has 1 aliphatic carbocycles. The highest BCUT2D eigenvalue weighted by Gasteiger charge is 2.27. The number of carbonyl (C=O) groups excluding carboxylic acids is 1. The first-order chi connectivity index (χ1) is 15.0. The van der Waals surface area contributed by atoms with Gasteiger partial charge >= 0.3 is 0 Å². The number of hydrogen-bond acceptors (Lipinski definition) is 6. The number of rotatable bonds is 7. The Morgan fingerprint density at radius 2 is 1.87 bits per heavy atom. The van der Waals surface area contributed by atoms with Crippen molar-refractivity contribution < 1.29 is 27.4 Å². The second-order valence-corrected chi connectivity index (χ2v) is 9.36. The summed E-state index contributed by atoms with van der Waals surface area (Å²) in [7, 11) is -2.41. The lowest BCUT2D eigenvalue weighted by Crippen LogP contribution is -2.40. The molecule has 2 aromatic rings. The highest BCUT2D eigenvalue weighted by molar-refractivity contribution is 7.89. The number of carbonyl (C=O) groups is 1. The molecule has 1 atom stereocenters. The number of nitrogens with one attached hydrogen (secondary N) is 2. The monoisotopic (exact) mass is 446 g/mol. The third-order valence-electron chi connectivity index (χ3n) is 5.45. The molecule has 2 aliphatic rings. The van der Waals surface area contributed by atoms with Crippen LogP contribution < -0.4 is 24.2 Å². The topological polar surface area (TPSA) is 103 Å². The maximum absolute atomic E-state index is 12.9. The molecule has 0 aromatic heterocycles. The molecule has 1 amide bonds. The molecule has 166 valence electrons. The van der Waals surface area contributed by atoms with Gasteiger partial charge in [0, 0.05) is 11.6 Å². The lowest BCUT2D eigenvalue weighted by Gasteiger charge is -2.26. The van der Waals surface area contributed by atoms with Gasteiger partial charge in [0.2, 0.25) is 10.0 Å². The normalized spacial score (nSPS) is 18.5. The lowest BCUT2D eigenvalue weighted by molar-refractivity contribution is 0.0789. The summed E-state index contributed by atoms with van der Waals surface area (Å²) in [5, 5.41) is 2.79. The van der Waals surface area contributed by atoms with Crippen LogP contribution in [-0.2, 0) is 10.0 Å². The predicted molar refractivity (Wildman–Crippen MR) is 114 cm³/mol. The van der Waals surface area contributed by atoms with E-state index in [1.54, 1.807) is 6.07 Å². The summed E-state index contributed by atoms with van der Waals surface area (Å²) in [6, 6.07) is 11.6. The summed E-state index contributed by atoms with van der Waals surface area (Å²) in [6.45, 7) is 0.534. The van der Waals surface area contributed by atoms with Crippen molar-refractivity contribution in [1.29, 1.82) is 0 Å². The zero-order chi connectivity index (χ0) is 21.8. The van der Waals surface area contributed by atoms with Gasteiger partial charge in [-0.3, -0.25) is 4.79 Å². The second kappa shape index (κ2) is 9.15. The van der Waals surface area contributed by atoms with Crippen molar-refractivity contribution in [2.75, 3.05) is 20.3 Å². The van der Waals surface area contributed by atoms with Crippen molar-refractivity contribution in [2.45, 2.75) is 42.7 Å². The van der Waals surface area contributed by atoms with Crippen LogP contribution in [0.5, 0.6) is 17.2 Å². The number of ether oxygens (including phenoxy) is 3. The van der Waals surface area contributed by atoms with E-state index in [4.69, 9.17) is 14.2 Å². The highest BCUT2D eigenvalue weighted by atomic mass is 32.2. The zero-order valence-electron chi connectivity index (χ0n) is 17.3. The molecule has 0 bridgehead atoms. The maximum Gasteiger partial charge on any atom is 0.251 e. The van der Waals surface area contributed by atoms with Crippen LogP contribution in [0.4, 0.5) is 0 Å². The van der Waals surface area contributed by atoms with E-state index in [0.29, 0.717) is 18.1 Å². The smallest absolute Gasteiger partial charge is 0.251 e. The van der Waals surface area contributed by atoms with Crippen molar-refractivity contribution in [3.8, 4) is 17.2 Å². The predicted octanol–water partition coefficient (Wildman–Crippen LogP) is 2.49. The number of sulfonamides is 1. The van der Waals surface area contributed by atoms with Crippen LogP contribution in [0.2, 0.25) is 0 Å². The molecule has 9 heteroatoms. The lowest BCUT2D eigenvalue weighted by atomic mass is 10.2. The Labute approximate surface area is 181 Å². The van der Waals surface area contributed by atoms with Gasteiger partial charge in [-0.15, -0.1) is 0 Å². The van der Waals surface area contributed by atoms with E-state index >= 15 is 0 Å². The van der Waals surface area contributed by atoms with Gasteiger partial charge < -0.3 is 19.5 Å². The summed E-state index contributed by atoms with van der Waals surface area (Å²) < 4.78 is 45.3. The second-order valence-electron chi connectivity index (χ2n) is 7.68.